The number of benzene rings is 3. The van der Waals surface area contributed by atoms with Crippen molar-refractivity contribution in [3.05, 3.63) is 94.5 Å². The van der Waals surface area contributed by atoms with Gasteiger partial charge < -0.3 is 14.8 Å². The summed E-state index contributed by atoms with van der Waals surface area (Å²) < 4.78 is 39.2. The van der Waals surface area contributed by atoms with Gasteiger partial charge in [0.15, 0.2) is 0 Å². The Labute approximate surface area is 215 Å². The van der Waals surface area contributed by atoms with E-state index < -0.39 is 10.0 Å². The molecule has 1 aliphatic heterocycles. The number of methoxy groups -OCH3 is 2. The zero-order valence-corrected chi connectivity index (χ0v) is 21.3. The topological polar surface area (TPSA) is 93.7 Å². The Hall–Kier alpha value is -3.49. The van der Waals surface area contributed by atoms with E-state index in [1.54, 1.807) is 42.5 Å². The average molecular weight is 525 g/mol. The molecular weight excluding hydrogens is 500 g/mol. The quantitative estimate of drug-likeness (QED) is 0.314. The first kappa shape index (κ1) is 24.2. The molecular formula is C27H25ClN2O5S. The first-order valence-electron chi connectivity index (χ1n) is 11.4. The third-order valence-corrected chi connectivity index (χ3v) is 8.34. The van der Waals surface area contributed by atoms with E-state index in [9.17, 15) is 13.2 Å². The van der Waals surface area contributed by atoms with Crippen molar-refractivity contribution >= 4 is 39.0 Å². The number of esters is 1. The summed E-state index contributed by atoms with van der Waals surface area (Å²) in [5.74, 6) is 0.270. The number of anilines is 2. The van der Waals surface area contributed by atoms with Crippen molar-refractivity contribution < 1.29 is 22.7 Å². The number of carbonyl (C=O) groups excluding carboxylic acids is 1. The summed E-state index contributed by atoms with van der Waals surface area (Å²) in [6.45, 7) is 0. The van der Waals surface area contributed by atoms with E-state index in [-0.39, 0.29) is 34.4 Å². The van der Waals surface area contributed by atoms with Gasteiger partial charge in [-0.15, -0.1) is 0 Å². The second kappa shape index (κ2) is 9.52. The number of ether oxygens (including phenoxy) is 2. The van der Waals surface area contributed by atoms with Crippen molar-refractivity contribution in [1.82, 2.24) is 0 Å². The molecule has 2 N–H and O–H groups in total. The molecule has 2 aliphatic rings. The standard InChI is InChI=1S/C27H25ClN2O5S/c1-34-25-13-10-18(28)14-24(25)30-36(32,33)19-11-12-23-22(15-19)20-4-3-5-21(20)26(29-23)16-6-8-17(9-7-16)27(31)35-2/h3-4,6-15,20-21,26,29-30H,5H2,1-2H3/t20-,21+,26+/m0/s1. The molecule has 0 bridgehead atoms. The fourth-order valence-corrected chi connectivity index (χ4v) is 6.25. The third kappa shape index (κ3) is 4.42. The molecule has 7 nitrogen and oxygen atoms in total. The maximum absolute atomic E-state index is 13.3. The van der Waals surface area contributed by atoms with E-state index in [2.05, 4.69) is 22.2 Å². The predicted octanol–water partition coefficient (Wildman–Crippen LogP) is 5.76. The summed E-state index contributed by atoms with van der Waals surface area (Å²) in [7, 11) is -1.06. The van der Waals surface area contributed by atoms with Crippen LogP contribution < -0.4 is 14.8 Å². The van der Waals surface area contributed by atoms with E-state index in [0.29, 0.717) is 16.3 Å². The molecule has 0 saturated heterocycles. The highest BCUT2D eigenvalue weighted by atomic mass is 35.5. The molecule has 186 valence electrons. The molecule has 0 saturated carbocycles. The average Bonchev–Trinajstić information content (AvgIpc) is 3.38. The lowest BCUT2D eigenvalue weighted by Crippen LogP contribution is -2.29. The lowest BCUT2D eigenvalue weighted by atomic mass is 9.77. The predicted molar refractivity (Wildman–Crippen MR) is 139 cm³/mol. The number of halogens is 1. The van der Waals surface area contributed by atoms with E-state index in [1.165, 1.54) is 20.3 Å². The summed E-state index contributed by atoms with van der Waals surface area (Å²) in [5, 5.41) is 3.99. The highest BCUT2D eigenvalue weighted by molar-refractivity contribution is 7.92. The molecule has 0 radical (unpaired) electrons. The third-order valence-electron chi connectivity index (χ3n) is 6.74. The van der Waals surface area contributed by atoms with Gasteiger partial charge in [-0.25, -0.2) is 13.2 Å². The molecule has 36 heavy (non-hydrogen) atoms. The maximum Gasteiger partial charge on any atom is 0.337 e. The van der Waals surface area contributed by atoms with Crippen LogP contribution in [0.1, 0.15) is 39.9 Å². The van der Waals surface area contributed by atoms with Crippen molar-refractivity contribution in [2.24, 2.45) is 5.92 Å². The molecule has 3 atom stereocenters. The number of fused-ring (bicyclic) bond motifs is 3. The highest BCUT2D eigenvalue weighted by Crippen LogP contribution is 2.50. The molecule has 0 aromatic heterocycles. The first-order valence-corrected chi connectivity index (χ1v) is 13.3. The Bertz CT molecular complexity index is 1450. The van der Waals surface area contributed by atoms with Crippen LogP contribution in [0.5, 0.6) is 5.75 Å². The van der Waals surface area contributed by atoms with Crippen molar-refractivity contribution in [3.8, 4) is 5.75 Å². The van der Waals surface area contributed by atoms with Gasteiger partial charge in [0.25, 0.3) is 10.0 Å². The van der Waals surface area contributed by atoms with Crippen LogP contribution >= 0.6 is 11.6 Å². The zero-order chi connectivity index (χ0) is 25.4. The summed E-state index contributed by atoms with van der Waals surface area (Å²) in [5.41, 5.74) is 3.63. The Morgan fingerprint density at radius 3 is 2.56 bits per heavy atom. The Morgan fingerprint density at radius 2 is 1.83 bits per heavy atom. The molecule has 3 aromatic carbocycles. The van der Waals surface area contributed by atoms with Crippen LogP contribution in [0.4, 0.5) is 11.4 Å². The Balaban J connectivity index is 1.46. The van der Waals surface area contributed by atoms with Crippen LogP contribution in [0.15, 0.2) is 77.7 Å². The molecule has 0 unspecified atom stereocenters. The Kier molecular flexibility index (Phi) is 6.40. The number of hydrogen-bond donors (Lipinski definition) is 2. The van der Waals surface area contributed by atoms with Crippen LogP contribution in [0, 0.1) is 5.92 Å². The largest absolute Gasteiger partial charge is 0.495 e. The number of sulfonamides is 1. The summed E-state index contributed by atoms with van der Waals surface area (Å²) in [6.07, 6.45) is 5.14. The molecule has 1 aliphatic carbocycles. The second-order valence-corrected chi connectivity index (χ2v) is 10.9. The SMILES string of the molecule is COC(=O)c1ccc([C@H]2Nc3ccc(S(=O)(=O)Nc4cc(Cl)ccc4OC)cc3[C@H]3C=CC[C@H]32)cc1. The Morgan fingerprint density at radius 1 is 1.06 bits per heavy atom. The van der Waals surface area contributed by atoms with Gasteiger partial charge >= 0.3 is 5.97 Å². The molecule has 0 amide bonds. The number of hydrogen-bond acceptors (Lipinski definition) is 6. The fourth-order valence-electron chi connectivity index (χ4n) is 4.98. The van der Waals surface area contributed by atoms with Crippen LogP contribution in [0.2, 0.25) is 5.02 Å². The number of rotatable bonds is 6. The van der Waals surface area contributed by atoms with Gasteiger partial charge in [-0.2, -0.15) is 0 Å². The lowest BCUT2D eigenvalue weighted by molar-refractivity contribution is 0.0600. The minimum atomic E-state index is -3.89. The molecule has 1 heterocycles. The van der Waals surface area contributed by atoms with Crippen molar-refractivity contribution in [2.75, 3.05) is 24.3 Å². The molecule has 5 rings (SSSR count). The maximum atomic E-state index is 13.3. The van der Waals surface area contributed by atoms with Crippen molar-refractivity contribution in [2.45, 2.75) is 23.3 Å². The smallest absolute Gasteiger partial charge is 0.337 e. The van der Waals surface area contributed by atoms with Crippen LogP contribution in [-0.4, -0.2) is 28.6 Å². The minimum absolute atomic E-state index is 0.0144. The van der Waals surface area contributed by atoms with Gasteiger partial charge in [0.1, 0.15) is 5.75 Å². The van der Waals surface area contributed by atoms with Crippen molar-refractivity contribution in [3.63, 3.8) is 0 Å². The van der Waals surface area contributed by atoms with Gasteiger partial charge in [0.2, 0.25) is 0 Å². The van der Waals surface area contributed by atoms with E-state index in [1.807, 2.05) is 12.1 Å². The van der Waals surface area contributed by atoms with Crippen LogP contribution in [-0.2, 0) is 14.8 Å². The van der Waals surface area contributed by atoms with E-state index in [0.717, 1.165) is 23.2 Å². The summed E-state index contributed by atoms with van der Waals surface area (Å²) in [4.78, 5) is 12.0. The van der Waals surface area contributed by atoms with Crippen LogP contribution in [0.25, 0.3) is 0 Å². The highest BCUT2D eigenvalue weighted by Gasteiger charge is 2.38. The molecule has 3 aromatic rings. The van der Waals surface area contributed by atoms with E-state index >= 15 is 0 Å². The van der Waals surface area contributed by atoms with Crippen molar-refractivity contribution in [1.29, 1.82) is 0 Å². The fraction of sp³-hybridized carbons (Fsp3) is 0.222. The molecule has 0 spiro atoms. The van der Waals surface area contributed by atoms with Gasteiger partial charge in [0.05, 0.1) is 36.4 Å². The lowest BCUT2D eigenvalue weighted by Gasteiger charge is -2.37. The minimum Gasteiger partial charge on any atom is -0.495 e. The van der Waals surface area contributed by atoms with Gasteiger partial charge in [-0.3, -0.25) is 4.72 Å². The molecule has 9 heteroatoms. The number of allylic oxidation sites excluding steroid dienone is 2. The second-order valence-electron chi connectivity index (χ2n) is 8.79. The van der Waals surface area contributed by atoms with E-state index in [4.69, 9.17) is 21.1 Å². The van der Waals surface area contributed by atoms with Gasteiger partial charge in [0, 0.05) is 16.6 Å². The monoisotopic (exact) mass is 524 g/mol. The summed E-state index contributed by atoms with van der Waals surface area (Å²) in [6, 6.07) is 17.3. The number of nitrogens with one attached hydrogen (secondary N) is 2. The van der Waals surface area contributed by atoms with Crippen LogP contribution in [0.3, 0.4) is 0 Å². The summed E-state index contributed by atoms with van der Waals surface area (Å²) >= 11 is 6.07. The number of carbonyl (C=O) groups is 1. The normalized spacial score (nSPS) is 20.1. The van der Waals surface area contributed by atoms with Gasteiger partial charge in [-0.1, -0.05) is 35.9 Å². The van der Waals surface area contributed by atoms with Gasteiger partial charge in [-0.05, 0) is 72.0 Å². The molecule has 0 fully saturated rings. The first-order chi connectivity index (χ1) is 17.3. The zero-order valence-electron chi connectivity index (χ0n) is 19.7.